The Bertz CT molecular complexity index is 133. The van der Waals surface area contributed by atoms with E-state index in [2.05, 4.69) is 13.8 Å². The van der Waals surface area contributed by atoms with Crippen LogP contribution in [0.3, 0.4) is 0 Å². The van der Waals surface area contributed by atoms with Gasteiger partial charge in [0.15, 0.2) is 0 Å². The third kappa shape index (κ3) is 2.98. The maximum absolute atomic E-state index is 5.57. The van der Waals surface area contributed by atoms with Gasteiger partial charge in [-0.15, -0.1) is 0 Å². The lowest BCUT2D eigenvalue weighted by Crippen LogP contribution is -2.32. The number of hydrogen-bond acceptors (Lipinski definition) is 1. The molecule has 1 rings (SSSR count). The molecule has 0 aromatic carbocycles. The monoisotopic (exact) mass is 184 g/mol. The lowest BCUT2D eigenvalue weighted by Gasteiger charge is -2.35. The molecule has 0 aliphatic heterocycles. The van der Waals surface area contributed by atoms with E-state index in [9.17, 15) is 0 Å². The van der Waals surface area contributed by atoms with Crippen LogP contribution in [0.4, 0.5) is 0 Å². The van der Waals surface area contributed by atoms with Gasteiger partial charge in [0.05, 0.1) is 6.10 Å². The highest BCUT2D eigenvalue weighted by molar-refractivity contribution is 4.80. The molecule has 0 spiro atoms. The van der Waals surface area contributed by atoms with Gasteiger partial charge in [-0.1, -0.05) is 39.5 Å². The quantitative estimate of drug-likeness (QED) is 0.648. The van der Waals surface area contributed by atoms with Gasteiger partial charge in [-0.3, -0.25) is 0 Å². The Hall–Kier alpha value is -0.0400. The van der Waals surface area contributed by atoms with E-state index in [1.165, 1.54) is 38.5 Å². The van der Waals surface area contributed by atoms with Crippen molar-refractivity contribution in [3.8, 4) is 0 Å². The fourth-order valence-electron chi connectivity index (χ4n) is 2.64. The summed E-state index contributed by atoms with van der Waals surface area (Å²) in [4.78, 5) is 0. The van der Waals surface area contributed by atoms with Crippen molar-refractivity contribution >= 4 is 0 Å². The average Bonchev–Trinajstić information content (AvgIpc) is 2.15. The molecule has 0 aromatic heterocycles. The molecule has 0 bridgehead atoms. The summed E-state index contributed by atoms with van der Waals surface area (Å²) >= 11 is 0. The van der Waals surface area contributed by atoms with E-state index in [1.54, 1.807) is 0 Å². The van der Waals surface area contributed by atoms with Crippen LogP contribution in [0.2, 0.25) is 0 Å². The van der Waals surface area contributed by atoms with E-state index >= 15 is 0 Å². The molecule has 1 saturated carbocycles. The fraction of sp³-hybridized carbons (Fsp3) is 1.00. The fourth-order valence-corrected chi connectivity index (χ4v) is 2.64. The second-order valence-corrected chi connectivity index (χ2v) is 4.49. The van der Waals surface area contributed by atoms with Crippen LogP contribution in [0.5, 0.6) is 0 Å². The van der Waals surface area contributed by atoms with Crippen molar-refractivity contribution in [2.75, 3.05) is 7.11 Å². The Morgan fingerprint density at radius 2 is 2.08 bits per heavy atom. The predicted octanol–water partition coefficient (Wildman–Crippen LogP) is 3.63. The normalized spacial score (nSPS) is 34.8. The first kappa shape index (κ1) is 11.0. The van der Waals surface area contributed by atoms with Gasteiger partial charge in [-0.25, -0.2) is 0 Å². The van der Waals surface area contributed by atoms with Crippen LogP contribution in [0.15, 0.2) is 0 Å². The highest BCUT2D eigenvalue weighted by Crippen LogP contribution is 2.34. The molecule has 3 atom stereocenters. The van der Waals surface area contributed by atoms with Crippen molar-refractivity contribution in [1.29, 1.82) is 0 Å². The minimum atomic E-state index is 0.551. The third-order valence-electron chi connectivity index (χ3n) is 3.55. The molecule has 13 heavy (non-hydrogen) atoms. The Labute approximate surface area is 82.9 Å². The summed E-state index contributed by atoms with van der Waals surface area (Å²) in [5.41, 5.74) is 0. The summed E-state index contributed by atoms with van der Waals surface area (Å²) in [6.07, 6.45) is 8.67. The molecule has 1 aliphatic carbocycles. The Morgan fingerprint density at radius 3 is 2.69 bits per heavy atom. The van der Waals surface area contributed by atoms with Crippen molar-refractivity contribution in [2.45, 2.75) is 58.5 Å². The predicted molar refractivity (Wildman–Crippen MR) is 56.8 cm³/mol. The molecule has 0 amide bonds. The molecule has 3 unspecified atom stereocenters. The van der Waals surface area contributed by atoms with Crippen LogP contribution in [0.25, 0.3) is 0 Å². The summed E-state index contributed by atoms with van der Waals surface area (Å²) in [7, 11) is 1.88. The number of rotatable bonds is 4. The largest absolute Gasteiger partial charge is 0.381 e. The average molecular weight is 184 g/mol. The summed E-state index contributed by atoms with van der Waals surface area (Å²) in [6, 6.07) is 0. The van der Waals surface area contributed by atoms with Gasteiger partial charge in [0.2, 0.25) is 0 Å². The summed E-state index contributed by atoms with van der Waals surface area (Å²) in [5, 5.41) is 0. The van der Waals surface area contributed by atoms with E-state index in [-0.39, 0.29) is 0 Å². The Morgan fingerprint density at radius 1 is 1.31 bits per heavy atom. The molecule has 1 nitrogen and oxygen atoms in total. The maximum atomic E-state index is 5.57. The van der Waals surface area contributed by atoms with Gasteiger partial charge in [0, 0.05) is 7.11 Å². The second kappa shape index (κ2) is 5.64. The number of methoxy groups -OCH3 is 1. The molecule has 0 N–H and O–H groups in total. The van der Waals surface area contributed by atoms with Gasteiger partial charge in [0.1, 0.15) is 0 Å². The SMILES string of the molecule is CCCCC1C(C)CCCC1OC. The Kier molecular flexibility index (Phi) is 4.79. The minimum Gasteiger partial charge on any atom is -0.381 e. The first-order valence-corrected chi connectivity index (χ1v) is 5.82. The lowest BCUT2D eigenvalue weighted by molar-refractivity contribution is -0.00452. The molecule has 0 aromatic rings. The molecule has 1 heteroatoms. The van der Waals surface area contributed by atoms with Gasteiger partial charge < -0.3 is 4.74 Å². The molecular weight excluding hydrogens is 160 g/mol. The van der Waals surface area contributed by atoms with Crippen molar-refractivity contribution in [3.63, 3.8) is 0 Å². The first-order chi connectivity index (χ1) is 6.29. The zero-order valence-electron chi connectivity index (χ0n) is 9.38. The molecule has 78 valence electrons. The second-order valence-electron chi connectivity index (χ2n) is 4.49. The summed E-state index contributed by atoms with van der Waals surface area (Å²) in [5.74, 6) is 1.71. The first-order valence-electron chi connectivity index (χ1n) is 5.82. The van der Waals surface area contributed by atoms with E-state index in [0.29, 0.717) is 6.10 Å². The van der Waals surface area contributed by atoms with Gasteiger partial charge in [-0.2, -0.15) is 0 Å². The highest BCUT2D eigenvalue weighted by Gasteiger charge is 2.29. The topological polar surface area (TPSA) is 9.23 Å². The molecule has 0 heterocycles. The van der Waals surface area contributed by atoms with E-state index in [4.69, 9.17) is 4.74 Å². The zero-order valence-corrected chi connectivity index (χ0v) is 9.38. The molecular formula is C12H24O. The van der Waals surface area contributed by atoms with Gasteiger partial charge in [-0.05, 0) is 24.7 Å². The van der Waals surface area contributed by atoms with Crippen molar-refractivity contribution in [3.05, 3.63) is 0 Å². The van der Waals surface area contributed by atoms with E-state index in [0.717, 1.165) is 11.8 Å². The molecule has 0 radical (unpaired) electrons. The van der Waals surface area contributed by atoms with Crippen LogP contribution < -0.4 is 0 Å². The van der Waals surface area contributed by atoms with Crippen LogP contribution in [0.1, 0.15) is 52.4 Å². The van der Waals surface area contributed by atoms with Gasteiger partial charge in [0.25, 0.3) is 0 Å². The Balaban J connectivity index is 2.41. The molecule has 1 fully saturated rings. The lowest BCUT2D eigenvalue weighted by atomic mass is 9.76. The van der Waals surface area contributed by atoms with Crippen LogP contribution in [-0.2, 0) is 4.74 Å². The highest BCUT2D eigenvalue weighted by atomic mass is 16.5. The van der Waals surface area contributed by atoms with Crippen LogP contribution in [0, 0.1) is 11.8 Å². The number of unbranched alkanes of at least 4 members (excludes halogenated alkanes) is 1. The standard InChI is InChI=1S/C12H24O/c1-4-5-8-11-10(2)7-6-9-12(11)13-3/h10-12H,4-9H2,1-3H3. The molecule has 0 saturated heterocycles. The number of hydrogen-bond donors (Lipinski definition) is 0. The van der Waals surface area contributed by atoms with Gasteiger partial charge >= 0.3 is 0 Å². The number of ether oxygens (including phenoxy) is 1. The van der Waals surface area contributed by atoms with E-state index < -0.39 is 0 Å². The van der Waals surface area contributed by atoms with Crippen molar-refractivity contribution < 1.29 is 4.74 Å². The maximum Gasteiger partial charge on any atom is 0.0602 e. The van der Waals surface area contributed by atoms with Crippen molar-refractivity contribution in [1.82, 2.24) is 0 Å². The minimum absolute atomic E-state index is 0.551. The summed E-state index contributed by atoms with van der Waals surface area (Å²) < 4.78 is 5.57. The third-order valence-corrected chi connectivity index (χ3v) is 3.55. The summed E-state index contributed by atoms with van der Waals surface area (Å²) in [6.45, 7) is 4.67. The van der Waals surface area contributed by atoms with Crippen molar-refractivity contribution in [2.24, 2.45) is 11.8 Å². The van der Waals surface area contributed by atoms with E-state index in [1.807, 2.05) is 7.11 Å². The molecule has 1 aliphatic rings. The van der Waals surface area contributed by atoms with Crippen LogP contribution in [-0.4, -0.2) is 13.2 Å². The zero-order chi connectivity index (χ0) is 9.68. The smallest absolute Gasteiger partial charge is 0.0602 e. The van der Waals surface area contributed by atoms with Crippen LogP contribution >= 0.6 is 0 Å².